The zero-order valence-corrected chi connectivity index (χ0v) is 20.0. The van der Waals surface area contributed by atoms with E-state index in [4.69, 9.17) is 9.47 Å². The van der Waals surface area contributed by atoms with Gasteiger partial charge in [0, 0.05) is 34.5 Å². The minimum absolute atomic E-state index is 0.234. The molecule has 8 nitrogen and oxygen atoms in total. The monoisotopic (exact) mass is 498 g/mol. The van der Waals surface area contributed by atoms with E-state index in [1.54, 1.807) is 43.2 Å². The summed E-state index contributed by atoms with van der Waals surface area (Å²) in [6.07, 6.45) is 0. The van der Waals surface area contributed by atoms with Crippen molar-refractivity contribution in [2.24, 2.45) is 0 Å². The lowest BCUT2D eigenvalue weighted by molar-refractivity contribution is -0.114. The van der Waals surface area contributed by atoms with Crippen LogP contribution in [-0.2, 0) is 4.79 Å². The Balaban J connectivity index is 1.48. The van der Waals surface area contributed by atoms with Gasteiger partial charge in [0.05, 0.1) is 19.9 Å². The second-order valence-corrected chi connectivity index (χ2v) is 8.69. The summed E-state index contributed by atoms with van der Waals surface area (Å²) in [7, 11) is 3.11. The molecule has 11 heteroatoms. The first-order chi connectivity index (χ1) is 16.4. The van der Waals surface area contributed by atoms with Crippen LogP contribution in [0.3, 0.4) is 0 Å². The molecule has 2 heterocycles. The molecule has 0 unspecified atom stereocenters. The van der Waals surface area contributed by atoms with Crippen molar-refractivity contribution in [2.45, 2.75) is 6.92 Å². The first kappa shape index (κ1) is 23.3. The highest BCUT2D eigenvalue weighted by atomic mass is 32.1. The van der Waals surface area contributed by atoms with Crippen molar-refractivity contribution in [2.75, 3.05) is 24.9 Å². The van der Waals surface area contributed by atoms with Crippen molar-refractivity contribution >= 4 is 45.3 Å². The van der Waals surface area contributed by atoms with E-state index < -0.39 is 11.7 Å². The summed E-state index contributed by atoms with van der Waals surface area (Å²) in [6.45, 7) is 1.35. The van der Waals surface area contributed by atoms with E-state index in [9.17, 15) is 14.0 Å². The van der Waals surface area contributed by atoms with Crippen LogP contribution in [0.1, 0.15) is 17.4 Å². The topological polar surface area (TPSA) is 102 Å². The van der Waals surface area contributed by atoms with E-state index in [0.29, 0.717) is 33.0 Å². The van der Waals surface area contributed by atoms with Gasteiger partial charge in [0.25, 0.3) is 5.91 Å². The SMILES string of the molecule is COc1ccc(-c2nc(C(=O)Nc3nc(-c4ccc(NC(C)=O)cc4F)cs3)cs2)cc1OC. The molecule has 0 aliphatic heterocycles. The number of anilines is 2. The Hall–Kier alpha value is -3.83. The summed E-state index contributed by atoms with van der Waals surface area (Å²) in [5.74, 6) is -0.0867. The van der Waals surface area contributed by atoms with Crippen LogP contribution in [-0.4, -0.2) is 36.0 Å². The lowest BCUT2D eigenvalue weighted by Crippen LogP contribution is -2.12. The van der Waals surface area contributed by atoms with Gasteiger partial charge in [0.1, 0.15) is 16.5 Å². The van der Waals surface area contributed by atoms with Gasteiger partial charge in [-0.2, -0.15) is 0 Å². The van der Waals surface area contributed by atoms with Crippen molar-refractivity contribution in [3.8, 4) is 33.3 Å². The van der Waals surface area contributed by atoms with Gasteiger partial charge in [-0.3, -0.25) is 14.9 Å². The number of hydrogen-bond donors (Lipinski definition) is 2. The minimum atomic E-state index is -0.534. The maximum absolute atomic E-state index is 14.5. The Kier molecular flexibility index (Phi) is 6.85. The number of nitrogens with zero attached hydrogens (tertiary/aromatic N) is 2. The molecule has 2 aromatic carbocycles. The normalized spacial score (nSPS) is 10.6. The number of nitrogens with one attached hydrogen (secondary N) is 2. The summed E-state index contributed by atoms with van der Waals surface area (Å²) in [4.78, 5) is 32.5. The first-order valence-electron chi connectivity index (χ1n) is 9.90. The molecular formula is C23H19FN4O4S2. The van der Waals surface area contributed by atoms with Crippen LogP contribution >= 0.6 is 22.7 Å². The van der Waals surface area contributed by atoms with Gasteiger partial charge in [-0.1, -0.05) is 0 Å². The van der Waals surface area contributed by atoms with Gasteiger partial charge < -0.3 is 14.8 Å². The van der Waals surface area contributed by atoms with E-state index in [0.717, 1.165) is 5.56 Å². The number of aromatic nitrogens is 2. The number of carbonyl (C=O) groups excluding carboxylic acids is 2. The summed E-state index contributed by atoms with van der Waals surface area (Å²) in [6, 6.07) is 9.73. The fraction of sp³-hybridized carbons (Fsp3) is 0.130. The van der Waals surface area contributed by atoms with Crippen molar-refractivity contribution in [1.29, 1.82) is 0 Å². The van der Waals surface area contributed by atoms with E-state index in [1.807, 2.05) is 6.07 Å². The lowest BCUT2D eigenvalue weighted by atomic mass is 10.1. The molecule has 0 bridgehead atoms. The molecule has 0 saturated carbocycles. The molecular weight excluding hydrogens is 479 g/mol. The molecule has 0 radical (unpaired) electrons. The van der Waals surface area contributed by atoms with E-state index in [-0.39, 0.29) is 17.2 Å². The Bertz CT molecular complexity index is 1370. The fourth-order valence-corrected chi connectivity index (χ4v) is 4.60. The zero-order valence-electron chi connectivity index (χ0n) is 18.3. The van der Waals surface area contributed by atoms with Crippen LogP contribution < -0.4 is 20.1 Å². The molecule has 174 valence electrons. The number of amides is 2. The van der Waals surface area contributed by atoms with Crippen LogP contribution in [0.15, 0.2) is 47.2 Å². The number of halogens is 1. The molecule has 0 saturated heterocycles. The number of thiazole rings is 2. The van der Waals surface area contributed by atoms with Gasteiger partial charge >= 0.3 is 0 Å². The zero-order chi connectivity index (χ0) is 24.2. The number of rotatable bonds is 7. The van der Waals surface area contributed by atoms with Gasteiger partial charge in [-0.15, -0.1) is 22.7 Å². The van der Waals surface area contributed by atoms with Crippen LogP contribution in [0.4, 0.5) is 15.2 Å². The molecule has 4 rings (SSSR count). The number of carbonyl (C=O) groups is 2. The highest BCUT2D eigenvalue weighted by Gasteiger charge is 2.16. The maximum Gasteiger partial charge on any atom is 0.276 e. The summed E-state index contributed by atoms with van der Waals surface area (Å²) >= 11 is 2.49. The third kappa shape index (κ3) is 5.05. The van der Waals surface area contributed by atoms with Crippen LogP contribution in [0, 0.1) is 5.82 Å². The Labute approximate surface area is 202 Å². The second kappa shape index (κ2) is 9.98. The van der Waals surface area contributed by atoms with Crippen molar-refractivity contribution in [1.82, 2.24) is 9.97 Å². The predicted octanol–water partition coefficient (Wildman–Crippen LogP) is 5.30. The molecule has 0 aliphatic carbocycles. The molecule has 0 aliphatic rings. The Morgan fingerprint density at radius 3 is 2.44 bits per heavy atom. The largest absolute Gasteiger partial charge is 0.493 e. The van der Waals surface area contributed by atoms with Crippen molar-refractivity contribution in [3.63, 3.8) is 0 Å². The fourth-order valence-electron chi connectivity index (χ4n) is 3.10. The molecule has 0 atom stereocenters. The molecule has 4 aromatic rings. The van der Waals surface area contributed by atoms with Gasteiger partial charge in [-0.05, 0) is 36.4 Å². The van der Waals surface area contributed by atoms with Gasteiger partial charge in [0.2, 0.25) is 5.91 Å². The van der Waals surface area contributed by atoms with Crippen LogP contribution in [0.25, 0.3) is 21.8 Å². The predicted molar refractivity (Wildman–Crippen MR) is 130 cm³/mol. The van der Waals surface area contributed by atoms with Gasteiger partial charge in [-0.25, -0.2) is 14.4 Å². The Morgan fingerprint density at radius 1 is 0.941 bits per heavy atom. The van der Waals surface area contributed by atoms with Crippen molar-refractivity contribution in [3.05, 3.63) is 58.7 Å². The highest BCUT2D eigenvalue weighted by molar-refractivity contribution is 7.14. The summed E-state index contributed by atoms with van der Waals surface area (Å²) in [5, 5.41) is 9.47. The first-order valence-corrected chi connectivity index (χ1v) is 11.7. The van der Waals surface area contributed by atoms with Crippen LogP contribution in [0.5, 0.6) is 11.5 Å². The molecule has 2 aromatic heterocycles. The molecule has 0 spiro atoms. The maximum atomic E-state index is 14.5. The van der Waals surface area contributed by atoms with E-state index >= 15 is 0 Å². The number of benzene rings is 2. The third-order valence-corrected chi connectivity index (χ3v) is 6.31. The molecule has 2 N–H and O–H groups in total. The standard InChI is InChI=1S/C23H19FN4O4S2/c1-12(29)25-14-5-6-15(16(24)9-14)17-10-34-23(27-17)28-21(30)18-11-33-22(26-18)13-4-7-19(31-2)20(8-13)32-3/h4-11H,1-3H3,(H,25,29)(H,27,28,30). The van der Waals surface area contributed by atoms with Gasteiger partial charge in [0.15, 0.2) is 16.6 Å². The number of hydrogen-bond acceptors (Lipinski definition) is 8. The van der Waals surface area contributed by atoms with E-state index in [1.165, 1.54) is 41.7 Å². The summed E-state index contributed by atoms with van der Waals surface area (Å²) in [5.41, 5.74) is 2.01. The smallest absolute Gasteiger partial charge is 0.276 e. The van der Waals surface area contributed by atoms with E-state index in [2.05, 4.69) is 20.6 Å². The quantitative estimate of drug-likeness (QED) is 0.358. The molecule has 34 heavy (non-hydrogen) atoms. The average Bonchev–Trinajstić information content (AvgIpc) is 3.48. The van der Waals surface area contributed by atoms with Crippen molar-refractivity contribution < 1.29 is 23.5 Å². The highest BCUT2D eigenvalue weighted by Crippen LogP contribution is 2.34. The lowest BCUT2D eigenvalue weighted by Gasteiger charge is -2.08. The minimum Gasteiger partial charge on any atom is -0.493 e. The second-order valence-electron chi connectivity index (χ2n) is 6.98. The third-order valence-electron chi connectivity index (χ3n) is 4.66. The Morgan fingerprint density at radius 2 is 1.74 bits per heavy atom. The van der Waals surface area contributed by atoms with Crippen LogP contribution in [0.2, 0.25) is 0 Å². The number of methoxy groups -OCH3 is 2. The average molecular weight is 499 g/mol. The molecule has 0 fully saturated rings. The molecule has 2 amide bonds. The summed E-state index contributed by atoms with van der Waals surface area (Å²) < 4.78 is 25.1. The number of ether oxygens (including phenoxy) is 2.